The Labute approximate surface area is 113 Å². The maximum Gasteiger partial charge on any atom is 0.168 e. The molecule has 1 aromatic rings. The first kappa shape index (κ1) is 13.6. The number of Topliss-reactive ketones (excluding diaryl/α,β-unsaturated/α-hetero) is 1. The largest absolute Gasteiger partial charge is 0.369 e. The summed E-state index contributed by atoms with van der Waals surface area (Å²) in [6, 6.07) is 7.07. The van der Waals surface area contributed by atoms with E-state index in [4.69, 9.17) is 16.3 Å². The van der Waals surface area contributed by atoms with Crippen LogP contribution >= 0.6 is 11.6 Å². The Morgan fingerprint density at radius 3 is 2.22 bits per heavy atom. The van der Waals surface area contributed by atoms with Crippen molar-refractivity contribution in [2.75, 3.05) is 0 Å². The van der Waals surface area contributed by atoms with Crippen LogP contribution in [0.25, 0.3) is 0 Å². The summed E-state index contributed by atoms with van der Waals surface area (Å²) in [4.78, 5) is 12.5. The van der Waals surface area contributed by atoms with Crippen LogP contribution in [-0.2, 0) is 4.74 Å². The summed E-state index contributed by atoms with van der Waals surface area (Å²) in [5, 5.41) is 0.647. The van der Waals surface area contributed by atoms with Crippen molar-refractivity contribution in [1.82, 2.24) is 0 Å². The van der Waals surface area contributed by atoms with E-state index in [9.17, 15) is 4.79 Å². The minimum atomic E-state index is -0.416. The number of carbonyl (C=O) groups is 1. The molecule has 0 bridgehead atoms. The number of benzene rings is 1. The molecule has 1 aliphatic heterocycles. The Morgan fingerprint density at radius 2 is 1.78 bits per heavy atom. The molecule has 0 aliphatic carbocycles. The van der Waals surface area contributed by atoms with E-state index in [0.29, 0.717) is 10.6 Å². The molecule has 1 heterocycles. The Balaban J connectivity index is 2.27. The third kappa shape index (κ3) is 2.60. The van der Waals surface area contributed by atoms with Gasteiger partial charge in [0, 0.05) is 10.6 Å². The smallest absolute Gasteiger partial charge is 0.168 e. The zero-order chi connectivity index (χ0) is 13.6. The van der Waals surface area contributed by atoms with Gasteiger partial charge < -0.3 is 4.74 Å². The molecule has 1 atom stereocenters. The van der Waals surface area contributed by atoms with E-state index in [1.807, 2.05) is 27.7 Å². The fourth-order valence-corrected chi connectivity index (χ4v) is 2.91. The first-order chi connectivity index (χ1) is 8.21. The summed E-state index contributed by atoms with van der Waals surface area (Å²) in [6.07, 6.45) is 0.751. The Hall–Kier alpha value is -0.860. The van der Waals surface area contributed by atoms with Crippen molar-refractivity contribution in [1.29, 1.82) is 0 Å². The second kappa shape index (κ2) is 4.36. The number of carbonyl (C=O) groups excluding carboxylic acids is 1. The van der Waals surface area contributed by atoms with Crippen LogP contribution in [0.4, 0.5) is 0 Å². The first-order valence-electron chi connectivity index (χ1n) is 6.21. The molecule has 0 N–H and O–H groups in total. The van der Waals surface area contributed by atoms with Crippen molar-refractivity contribution >= 4 is 17.4 Å². The quantitative estimate of drug-likeness (QED) is 0.753. The van der Waals surface area contributed by atoms with E-state index in [-0.39, 0.29) is 17.3 Å². The highest BCUT2D eigenvalue weighted by molar-refractivity contribution is 6.30. The lowest BCUT2D eigenvalue weighted by Gasteiger charge is -2.26. The van der Waals surface area contributed by atoms with Crippen molar-refractivity contribution in [3.63, 3.8) is 0 Å². The fraction of sp³-hybridized carbons (Fsp3) is 0.533. The third-order valence-electron chi connectivity index (χ3n) is 3.52. The average molecular weight is 267 g/mol. The van der Waals surface area contributed by atoms with Gasteiger partial charge in [-0.2, -0.15) is 0 Å². The molecule has 1 saturated heterocycles. The second-order valence-electron chi connectivity index (χ2n) is 6.09. The molecule has 1 aromatic carbocycles. The maximum absolute atomic E-state index is 12.5. The van der Waals surface area contributed by atoms with Crippen LogP contribution in [0.5, 0.6) is 0 Å². The fourth-order valence-electron chi connectivity index (χ4n) is 2.79. The summed E-state index contributed by atoms with van der Waals surface area (Å²) in [5.74, 6) is 0.0379. The molecule has 1 unspecified atom stereocenters. The molecular formula is C15H19ClO2. The van der Waals surface area contributed by atoms with Gasteiger partial charge in [-0.25, -0.2) is 0 Å². The molecule has 2 rings (SSSR count). The number of halogens is 1. The first-order valence-corrected chi connectivity index (χ1v) is 6.59. The highest BCUT2D eigenvalue weighted by atomic mass is 35.5. The van der Waals surface area contributed by atoms with Crippen LogP contribution in [0.1, 0.15) is 44.5 Å². The summed E-state index contributed by atoms with van der Waals surface area (Å²) in [7, 11) is 0. The minimum absolute atomic E-state index is 0.103. The van der Waals surface area contributed by atoms with Gasteiger partial charge in [0.25, 0.3) is 0 Å². The lowest BCUT2D eigenvalue weighted by molar-refractivity contribution is -0.0712. The zero-order valence-electron chi connectivity index (χ0n) is 11.3. The van der Waals surface area contributed by atoms with Gasteiger partial charge >= 0.3 is 0 Å². The van der Waals surface area contributed by atoms with Crippen molar-refractivity contribution in [3.8, 4) is 0 Å². The molecule has 0 radical (unpaired) electrons. The third-order valence-corrected chi connectivity index (χ3v) is 3.77. The van der Waals surface area contributed by atoms with E-state index < -0.39 is 5.60 Å². The molecule has 0 amide bonds. The molecule has 98 valence electrons. The van der Waals surface area contributed by atoms with Gasteiger partial charge in [0.05, 0.1) is 17.1 Å². The number of hydrogen-bond acceptors (Lipinski definition) is 2. The van der Waals surface area contributed by atoms with Gasteiger partial charge in [0.1, 0.15) is 0 Å². The summed E-state index contributed by atoms with van der Waals surface area (Å²) < 4.78 is 5.97. The SMILES string of the molecule is CC1(C)CC(C(=O)c2ccc(Cl)cc2)C(C)(C)O1. The predicted octanol–water partition coefficient (Wildman–Crippen LogP) is 4.12. The molecule has 1 aliphatic rings. The number of hydrogen-bond donors (Lipinski definition) is 0. The molecule has 0 aromatic heterocycles. The summed E-state index contributed by atoms with van der Waals surface area (Å²) in [5.41, 5.74) is 0.0509. The second-order valence-corrected chi connectivity index (χ2v) is 6.53. The maximum atomic E-state index is 12.5. The molecule has 2 nitrogen and oxygen atoms in total. The molecule has 0 spiro atoms. The number of ketones is 1. The van der Waals surface area contributed by atoms with Gasteiger partial charge in [-0.3, -0.25) is 4.79 Å². The van der Waals surface area contributed by atoms with Gasteiger partial charge in [-0.15, -0.1) is 0 Å². The standard InChI is InChI=1S/C15H19ClO2/c1-14(2)9-12(15(3,4)18-14)13(17)10-5-7-11(16)8-6-10/h5-8,12H,9H2,1-4H3. The van der Waals surface area contributed by atoms with Crippen LogP contribution in [0.15, 0.2) is 24.3 Å². The van der Waals surface area contributed by atoms with Gasteiger partial charge in [0.15, 0.2) is 5.78 Å². The minimum Gasteiger partial charge on any atom is -0.369 e. The number of rotatable bonds is 2. The normalized spacial score (nSPS) is 25.1. The lowest BCUT2D eigenvalue weighted by Crippen LogP contribution is -2.33. The van der Waals surface area contributed by atoms with E-state index in [1.54, 1.807) is 24.3 Å². The number of ether oxygens (including phenoxy) is 1. The Morgan fingerprint density at radius 1 is 1.22 bits per heavy atom. The summed E-state index contributed by atoms with van der Waals surface area (Å²) in [6.45, 7) is 8.04. The van der Waals surface area contributed by atoms with Crippen molar-refractivity contribution in [3.05, 3.63) is 34.9 Å². The molecular weight excluding hydrogens is 248 g/mol. The van der Waals surface area contributed by atoms with Crippen LogP contribution in [-0.4, -0.2) is 17.0 Å². The molecule has 3 heteroatoms. The van der Waals surface area contributed by atoms with Crippen LogP contribution < -0.4 is 0 Å². The lowest BCUT2D eigenvalue weighted by atomic mass is 9.82. The van der Waals surface area contributed by atoms with Crippen molar-refractivity contribution in [2.24, 2.45) is 5.92 Å². The van der Waals surface area contributed by atoms with Crippen LogP contribution in [0, 0.1) is 5.92 Å². The van der Waals surface area contributed by atoms with Crippen molar-refractivity contribution < 1.29 is 9.53 Å². The van der Waals surface area contributed by atoms with E-state index in [0.717, 1.165) is 6.42 Å². The van der Waals surface area contributed by atoms with E-state index >= 15 is 0 Å². The monoisotopic (exact) mass is 266 g/mol. The molecule has 1 fully saturated rings. The highest BCUT2D eigenvalue weighted by Gasteiger charge is 2.49. The van der Waals surface area contributed by atoms with Crippen molar-refractivity contribution in [2.45, 2.75) is 45.3 Å². The van der Waals surface area contributed by atoms with Crippen LogP contribution in [0.2, 0.25) is 5.02 Å². The highest BCUT2D eigenvalue weighted by Crippen LogP contribution is 2.43. The molecule has 18 heavy (non-hydrogen) atoms. The van der Waals surface area contributed by atoms with Gasteiger partial charge in [-0.05, 0) is 58.4 Å². The van der Waals surface area contributed by atoms with Gasteiger partial charge in [-0.1, -0.05) is 11.6 Å². The topological polar surface area (TPSA) is 26.3 Å². The van der Waals surface area contributed by atoms with Crippen LogP contribution in [0.3, 0.4) is 0 Å². The molecule has 0 saturated carbocycles. The summed E-state index contributed by atoms with van der Waals surface area (Å²) >= 11 is 5.84. The van der Waals surface area contributed by atoms with E-state index in [1.165, 1.54) is 0 Å². The van der Waals surface area contributed by atoms with E-state index in [2.05, 4.69) is 0 Å². The predicted molar refractivity (Wildman–Crippen MR) is 73.1 cm³/mol. The van der Waals surface area contributed by atoms with Gasteiger partial charge in [0.2, 0.25) is 0 Å². The zero-order valence-corrected chi connectivity index (χ0v) is 12.0. The Bertz CT molecular complexity index is 460. The average Bonchev–Trinajstić information content (AvgIpc) is 2.47. The Kier molecular flexibility index (Phi) is 3.28.